The van der Waals surface area contributed by atoms with Gasteiger partial charge in [-0.25, -0.2) is 0 Å². The van der Waals surface area contributed by atoms with Crippen LogP contribution in [0.3, 0.4) is 0 Å². The number of piperidine rings is 1. The molecule has 2 aromatic rings. The minimum atomic E-state index is -0.0585. The number of hydrogen-bond acceptors (Lipinski definition) is 3. The van der Waals surface area contributed by atoms with E-state index in [1.165, 1.54) is 5.56 Å². The first kappa shape index (κ1) is 22.1. The van der Waals surface area contributed by atoms with Crippen molar-refractivity contribution in [3.63, 3.8) is 0 Å². The van der Waals surface area contributed by atoms with Crippen LogP contribution in [0, 0.1) is 5.92 Å². The summed E-state index contributed by atoms with van der Waals surface area (Å²) in [5.41, 5.74) is 2.79. The zero-order valence-corrected chi connectivity index (χ0v) is 18.4. The van der Waals surface area contributed by atoms with Gasteiger partial charge >= 0.3 is 0 Å². The molecule has 4 rings (SSSR count). The molecule has 0 spiro atoms. The Morgan fingerprint density at radius 1 is 0.844 bits per heavy atom. The summed E-state index contributed by atoms with van der Waals surface area (Å²) in [6.45, 7) is 1.71. The number of hydrogen-bond donors (Lipinski definition) is 2. The Bertz CT molecular complexity index is 931. The van der Waals surface area contributed by atoms with Crippen LogP contribution in [-0.2, 0) is 22.6 Å². The van der Waals surface area contributed by atoms with E-state index in [2.05, 4.69) is 10.6 Å². The molecule has 3 amide bonds. The van der Waals surface area contributed by atoms with E-state index in [1.54, 1.807) is 12.1 Å². The van der Waals surface area contributed by atoms with Crippen molar-refractivity contribution < 1.29 is 14.4 Å². The van der Waals surface area contributed by atoms with Gasteiger partial charge in [-0.2, -0.15) is 0 Å². The first-order valence-electron chi connectivity index (χ1n) is 11.6. The molecular weight excluding hydrogens is 402 g/mol. The summed E-state index contributed by atoms with van der Waals surface area (Å²) in [5.74, 6) is 0.111. The van der Waals surface area contributed by atoms with Crippen molar-refractivity contribution in [2.45, 2.75) is 51.1 Å². The quantitative estimate of drug-likeness (QED) is 0.672. The van der Waals surface area contributed by atoms with Crippen LogP contribution in [0.5, 0.6) is 0 Å². The van der Waals surface area contributed by atoms with Gasteiger partial charge in [0, 0.05) is 43.6 Å². The number of rotatable bonds is 8. The molecule has 2 aromatic carbocycles. The molecule has 1 saturated carbocycles. The van der Waals surface area contributed by atoms with Crippen LogP contribution in [0.2, 0.25) is 0 Å². The zero-order valence-electron chi connectivity index (χ0n) is 18.4. The summed E-state index contributed by atoms with van der Waals surface area (Å²) >= 11 is 0. The Labute approximate surface area is 189 Å². The van der Waals surface area contributed by atoms with Crippen molar-refractivity contribution in [1.82, 2.24) is 15.5 Å². The number of nitrogens with one attached hydrogen (secondary N) is 2. The molecule has 2 aliphatic rings. The van der Waals surface area contributed by atoms with Gasteiger partial charge < -0.3 is 15.5 Å². The molecule has 0 bridgehead atoms. The van der Waals surface area contributed by atoms with E-state index in [0.29, 0.717) is 50.5 Å². The molecule has 32 heavy (non-hydrogen) atoms. The van der Waals surface area contributed by atoms with Gasteiger partial charge in [-0.05, 0) is 55.4 Å². The Hall–Kier alpha value is -3.15. The lowest BCUT2D eigenvalue weighted by Crippen LogP contribution is -2.43. The topological polar surface area (TPSA) is 78.5 Å². The second kappa shape index (κ2) is 10.4. The van der Waals surface area contributed by atoms with Crippen LogP contribution in [0.25, 0.3) is 0 Å². The number of aryl methyl sites for hydroxylation is 1. The number of carbonyl (C=O) groups excluding carboxylic acids is 3. The predicted molar refractivity (Wildman–Crippen MR) is 123 cm³/mol. The summed E-state index contributed by atoms with van der Waals surface area (Å²) in [5, 5.41) is 5.98. The fourth-order valence-corrected chi connectivity index (χ4v) is 4.05. The lowest BCUT2D eigenvalue weighted by molar-refractivity contribution is -0.135. The van der Waals surface area contributed by atoms with Gasteiger partial charge in [-0.15, -0.1) is 0 Å². The Morgan fingerprint density at radius 3 is 2.19 bits per heavy atom. The molecule has 0 unspecified atom stereocenters. The highest BCUT2D eigenvalue weighted by Gasteiger charge is 2.27. The molecule has 2 N–H and O–H groups in total. The maximum atomic E-state index is 12.6. The van der Waals surface area contributed by atoms with Crippen molar-refractivity contribution in [3.8, 4) is 0 Å². The predicted octanol–water partition coefficient (Wildman–Crippen LogP) is 3.07. The molecule has 1 aliphatic heterocycles. The molecule has 6 heteroatoms. The Kier molecular flexibility index (Phi) is 7.20. The maximum Gasteiger partial charge on any atom is 0.251 e. The second-order valence-corrected chi connectivity index (χ2v) is 8.80. The third kappa shape index (κ3) is 6.19. The van der Waals surface area contributed by atoms with Gasteiger partial charge in [0.15, 0.2) is 0 Å². The lowest BCUT2D eigenvalue weighted by atomic mass is 9.95. The normalized spacial score (nSPS) is 16.4. The maximum absolute atomic E-state index is 12.6. The number of nitrogens with zero attached hydrogens (tertiary/aromatic N) is 1. The van der Waals surface area contributed by atoms with E-state index in [1.807, 2.05) is 47.4 Å². The van der Waals surface area contributed by atoms with Gasteiger partial charge in [0.25, 0.3) is 5.91 Å². The van der Waals surface area contributed by atoms with E-state index in [4.69, 9.17) is 0 Å². The summed E-state index contributed by atoms with van der Waals surface area (Å²) in [4.78, 5) is 39.0. The zero-order chi connectivity index (χ0) is 22.3. The van der Waals surface area contributed by atoms with Crippen LogP contribution in [0.15, 0.2) is 54.6 Å². The molecule has 6 nitrogen and oxygen atoms in total. The summed E-state index contributed by atoms with van der Waals surface area (Å²) in [7, 11) is 0. The van der Waals surface area contributed by atoms with E-state index < -0.39 is 0 Å². The number of benzene rings is 2. The Balaban J connectivity index is 1.16. The molecule has 0 radical (unpaired) electrons. The Morgan fingerprint density at radius 2 is 1.53 bits per heavy atom. The van der Waals surface area contributed by atoms with E-state index in [0.717, 1.165) is 24.8 Å². The molecule has 0 atom stereocenters. The van der Waals surface area contributed by atoms with Crippen molar-refractivity contribution in [2.75, 3.05) is 13.1 Å². The van der Waals surface area contributed by atoms with E-state index in [9.17, 15) is 14.4 Å². The van der Waals surface area contributed by atoms with Gasteiger partial charge in [0.2, 0.25) is 11.8 Å². The summed E-state index contributed by atoms with van der Waals surface area (Å²) < 4.78 is 0. The third-order valence-corrected chi connectivity index (χ3v) is 6.28. The number of amides is 3. The smallest absolute Gasteiger partial charge is 0.251 e. The first-order chi connectivity index (χ1) is 15.6. The van der Waals surface area contributed by atoms with Gasteiger partial charge in [0.05, 0.1) is 0 Å². The highest BCUT2D eigenvalue weighted by atomic mass is 16.2. The minimum absolute atomic E-state index is 0.0341. The standard InChI is InChI=1S/C26H31N3O3/c30-24(13-8-19-4-2-1-3-5-19)29-16-14-22(15-17-29)25(31)27-18-20-6-9-21(10-7-20)26(32)28-23-11-12-23/h1-7,9-10,22-23H,8,11-18H2,(H,27,31)(H,28,32). The molecule has 1 heterocycles. The molecule has 1 aliphatic carbocycles. The monoisotopic (exact) mass is 433 g/mol. The van der Waals surface area contributed by atoms with Gasteiger partial charge in [-0.3, -0.25) is 14.4 Å². The molecule has 2 fully saturated rings. The number of likely N-dealkylation sites (tertiary alicyclic amines) is 1. The molecule has 168 valence electrons. The van der Waals surface area contributed by atoms with Crippen molar-refractivity contribution in [2.24, 2.45) is 5.92 Å². The average molecular weight is 434 g/mol. The van der Waals surface area contributed by atoms with Crippen LogP contribution in [0.4, 0.5) is 0 Å². The van der Waals surface area contributed by atoms with Crippen LogP contribution >= 0.6 is 0 Å². The number of carbonyl (C=O) groups is 3. The minimum Gasteiger partial charge on any atom is -0.352 e. The highest BCUT2D eigenvalue weighted by molar-refractivity contribution is 5.94. The van der Waals surface area contributed by atoms with Crippen LogP contribution in [0.1, 0.15) is 53.6 Å². The second-order valence-electron chi connectivity index (χ2n) is 8.80. The average Bonchev–Trinajstić information content (AvgIpc) is 3.66. The van der Waals surface area contributed by atoms with Crippen molar-refractivity contribution in [3.05, 3.63) is 71.3 Å². The SMILES string of the molecule is O=C(NC1CC1)c1ccc(CNC(=O)C2CCN(C(=O)CCc3ccccc3)CC2)cc1. The largest absolute Gasteiger partial charge is 0.352 e. The van der Waals surface area contributed by atoms with Crippen LogP contribution < -0.4 is 10.6 Å². The third-order valence-electron chi connectivity index (χ3n) is 6.28. The molecule has 1 saturated heterocycles. The van der Waals surface area contributed by atoms with E-state index >= 15 is 0 Å². The fraction of sp³-hybridized carbons (Fsp3) is 0.423. The fourth-order valence-electron chi connectivity index (χ4n) is 4.05. The lowest BCUT2D eigenvalue weighted by Gasteiger charge is -2.31. The first-order valence-corrected chi connectivity index (χ1v) is 11.6. The van der Waals surface area contributed by atoms with Gasteiger partial charge in [-0.1, -0.05) is 42.5 Å². The van der Waals surface area contributed by atoms with E-state index in [-0.39, 0.29) is 23.6 Å². The highest BCUT2D eigenvalue weighted by Crippen LogP contribution is 2.20. The van der Waals surface area contributed by atoms with Crippen LogP contribution in [-0.4, -0.2) is 41.8 Å². The van der Waals surface area contributed by atoms with Crippen molar-refractivity contribution in [1.29, 1.82) is 0 Å². The van der Waals surface area contributed by atoms with Gasteiger partial charge in [0.1, 0.15) is 0 Å². The summed E-state index contributed by atoms with van der Waals surface area (Å²) in [6, 6.07) is 17.8. The molecule has 0 aromatic heterocycles. The summed E-state index contributed by atoms with van der Waals surface area (Å²) in [6.07, 6.45) is 4.79. The molecular formula is C26H31N3O3. The van der Waals surface area contributed by atoms with Crippen molar-refractivity contribution >= 4 is 17.7 Å².